The van der Waals surface area contributed by atoms with Crippen molar-refractivity contribution in [1.82, 2.24) is 9.88 Å². The molecule has 1 aromatic rings. The Morgan fingerprint density at radius 3 is 2.87 bits per heavy atom. The van der Waals surface area contributed by atoms with Gasteiger partial charge in [-0.15, -0.1) is 0 Å². The van der Waals surface area contributed by atoms with Gasteiger partial charge in [0.25, 0.3) is 5.91 Å². The van der Waals surface area contributed by atoms with E-state index in [4.69, 9.17) is 0 Å². The Morgan fingerprint density at radius 2 is 2.20 bits per heavy atom. The lowest BCUT2D eigenvalue weighted by atomic mass is 9.94. The number of fused-ring (bicyclic) bond motifs is 1. The lowest BCUT2D eigenvalue weighted by Gasteiger charge is -2.26. The van der Waals surface area contributed by atoms with Gasteiger partial charge in [-0.3, -0.25) is 9.78 Å². The van der Waals surface area contributed by atoms with Gasteiger partial charge in [-0.25, -0.2) is 0 Å². The van der Waals surface area contributed by atoms with Crippen LogP contribution in [0.2, 0.25) is 0 Å². The summed E-state index contributed by atoms with van der Waals surface area (Å²) in [5.74, 6) is 0.420. The molecule has 0 fully saturated rings. The van der Waals surface area contributed by atoms with Crippen molar-refractivity contribution in [2.75, 3.05) is 13.6 Å². The molecule has 80 valence electrons. The second-order valence-electron chi connectivity index (χ2n) is 4.36. The van der Waals surface area contributed by atoms with Crippen LogP contribution >= 0.6 is 0 Å². The van der Waals surface area contributed by atoms with Gasteiger partial charge < -0.3 is 4.90 Å². The minimum absolute atomic E-state index is 0.119. The molecule has 0 N–H and O–H groups in total. The molecule has 0 radical (unpaired) electrons. The summed E-state index contributed by atoms with van der Waals surface area (Å²) in [6, 6.07) is 1.96. The van der Waals surface area contributed by atoms with Gasteiger partial charge in [-0.2, -0.15) is 0 Å². The molecule has 0 aromatic carbocycles. The van der Waals surface area contributed by atoms with Gasteiger partial charge in [0, 0.05) is 19.8 Å². The molecular weight excluding hydrogens is 188 g/mol. The predicted molar refractivity (Wildman–Crippen MR) is 59.0 cm³/mol. The number of carbonyl (C=O) groups is 1. The van der Waals surface area contributed by atoms with Crippen LogP contribution in [0.3, 0.4) is 0 Å². The molecule has 15 heavy (non-hydrogen) atoms. The lowest BCUT2D eigenvalue weighted by Crippen LogP contribution is -2.35. The van der Waals surface area contributed by atoms with E-state index in [1.165, 1.54) is 0 Å². The van der Waals surface area contributed by atoms with Gasteiger partial charge in [0.15, 0.2) is 0 Å². The molecule has 3 heteroatoms. The van der Waals surface area contributed by atoms with Crippen molar-refractivity contribution >= 4 is 5.91 Å². The van der Waals surface area contributed by atoms with Crippen LogP contribution < -0.4 is 0 Å². The van der Waals surface area contributed by atoms with Crippen LogP contribution in [0.4, 0.5) is 0 Å². The quantitative estimate of drug-likeness (QED) is 0.699. The molecule has 3 nitrogen and oxygen atoms in total. The molecule has 0 bridgehead atoms. The summed E-state index contributed by atoms with van der Waals surface area (Å²) in [6.07, 6.45) is 2.76. The maximum Gasteiger partial charge on any atom is 0.255 e. The smallest absolute Gasteiger partial charge is 0.255 e. The number of pyridine rings is 1. The molecule has 1 amide bonds. The number of amides is 1. The first-order valence-electron chi connectivity index (χ1n) is 5.34. The second-order valence-corrected chi connectivity index (χ2v) is 4.36. The predicted octanol–water partition coefficient (Wildman–Crippen LogP) is 1.83. The highest BCUT2D eigenvalue weighted by Crippen LogP contribution is 2.25. The first-order chi connectivity index (χ1) is 7.11. The summed E-state index contributed by atoms with van der Waals surface area (Å²) in [5.41, 5.74) is 2.92. The molecule has 2 heterocycles. The van der Waals surface area contributed by atoms with Crippen LogP contribution in [-0.2, 0) is 6.42 Å². The number of hydrogen-bond donors (Lipinski definition) is 0. The summed E-state index contributed by atoms with van der Waals surface area (Å²) >= 11 is 0. The summed E-state index contributed by atoms with van der Waals surface area (Å²) in [6.45, 7) is 4.96. The van der Waals surface area contributed by atoms with Crippen LogP contribution in [0.25, 0.3) is 0 Å². The Bertz CT molecular complexity index is 399. The Hall–Kier alpha value is -1.38. The van der Waals surface area contributed by atoms with E-state index in [2.05, 4.69) is 18.8 Å². The first kappa shape index (κ1) is 10.1. The van der Waals surface area contributed by atoms with Crippen LogP contribution in [0.1, 0.15) is 41.4 Å². The van der Waals surface area contributed by atoms with Gasteiger partial charge in [0.1, 0.15) is 0 Å². The van der Waals surface area contributed by atoms with Crippen molar-refractivity contribution in [2.45, 2.75) is 26.2 Å². The molecule has 0 spiro atoms. The SMILES string of the molecule is CC(C)c1nccc2c1C(=O)N(C)CC2. The topological polar surface area (TPSA) is 33.2 Å². The zero-order chi connectivity index (χ0) is 11.0. The van der Waals surface area contributed by atoms with E-state index in [1.807, 2.05) is 19.3 Å². The molecular formula is C12H16N2O. The summed E-state index contributed by atoms with van der Waals surface area (Å²) < 4.78 is 0. The summed E-state index contributed by atoms with van der Waals surface area (Å²) in [5, 5.41) is 0. The van der Waals surface area contributed by atoms with Crippen LogP contribution in [0, 0.1) is 0 Å². The Labute approximate surface area is 90.1 Å². The molecule has 0 saturated carbocycles. The largest absolute Gasteiger partial charge is 0.341 e. The Kier molecular flexibility index (Phi) is 2.47. The van der Waals surface area contributed by atoms with Crippen molar-refractivity contribution in [3.63, 3.8) is 0 Å². The van der Waals surface area contributed by atoms with Crippen molar-refractivity contribution in [3.8, 4) is 0 Å². The molecule has 0 atom stereocenters. The number of aromatic nitrogens is 1. The van der Waals surface area contributed by atoms with Gasteiger partial charge in [0.05, 0.1) is 11.3 Å². The van der Waals surface area contributed by atoms with Gasteiger partial charge in [0.2, 0.25) is 0 Å². The van der Waals surface area contributed by atoms with E-state index in [0.29, 0.717) is 5.92 Å². The number of likely N-dealkylation sites (N-methyl/N-ethyl adjacent to an activating group) is 1. The zero-order valence-electron chi connectivity index (χ0n) is 9.45. The molecule has 0 unspecified atom stereocenters. The van der Waals surface area contributed by atoms with Crippen molar-refractivity contribution in [1.29, 1.82) is 0 Å². The normalized spacial score (nSPS) is 15.7. The molecule has 1 aliphatic rings. The molecule has 1 aliphatic heterocycles. The second kappa shape index (κ2) is 3.65. The fourth-order valence-corrected chi connectivity index (χ4v) is 1.99. The summed E-state index contributed by atoms with van der Waals surface area (Å²) in [4.78, 5) is 18.1. The van der Waals surface area contributed by atoms with Crippen molar-refractivity contribution in [2.24, 2.45) is 0 Å². The monoisotopic (exact) mass is 204 g/mol. The van der Waals surface area contributed by atoms with Gasteiger partial charge in [-0.1, -0.05) is 13.8 Å². The average molecular weight is 204 g/mol. The maximum atomic E-state index is 12.0. The third-order valence-corrected chi connectivity index (χ3v) is 2.89. The van der Waals surface area contributed by atoms with E-state index in [1.54, 1.807) is 4.90 Å². The van der Waals surface area contributed by atoms with E-state index in [9.17, 15) is 4.79 Å². The summed E-state index contributed by atoms with van der Waals surface area (Å²) in [7, 11) is 1.85. The fraction of sp³-hybridized carbons (Fsp3) is 0.500. The molecule has 0 saturated heterocycles. The van der Waals surface area contributed by atoms with E-state index < -0.39 is 0 Å². The Balaban J connectivity index is 2.57. The lowest BCUT2D eigenvalue weighted by molar-refractivity contribution is 0.0778. The minimum atomic E-state index is 0.119. The third-order valence-electron chi connectivity index (χ3n) is 2.89. The van der Waals surface area contributed by atoms with Crippen LogP contribution in [-0.4, -0.2) is 29.4 Å². The highest BCUT2D eigenvalue weighted by atomic mass is 16.2. The molecule has 2 rings (SSSR count). The fourth-order valence-electron chi connectivity index (χ4n) is 1.99. The zero-order valence-corrected chi connectivity index (χ0v) is 9.45. The molecule has 1 aromatic heterocycles. The third kappa shape index (κ3) is 1.62. The first-order valence-corrected chi connectivity index (χ1v) is 5.34. The Morgan fingerprint density at radius 1 is 1.47 bits per heavy atom. The molecule has 0 aliphatic carbocycles. The number of rotatable bonds is 1. The van der Waals surface area contributed by atoms with E-state index in [0.717, 1.165) is 29.8 Å². The van der Waals surface area contributed by atoms with E-state index in [-0.39, 0.29) is 5.91 Å². The number of carbonyl (C=O) groups excluding carboxylic acids is 1. The van der Waals surface area contributed by atoms with Gasteiger partial charge >= 0.3 is 0 Å². The van der Waals surface area contributed by atoms with Crippen LogP contribution in [0.15, 0.2) is 12.3 Å². The van der Waals surface area contributed by atoms with Crippen molar-refractivity contribution in [3.05, 3.63) is 29.1 Å². The maximum absolute atomic E-state index is 12.0. The number of nitrogens with zero attached hydrogens (tertiary/aromatic N) is 2. The highest BCUT2D eigenvalue weighted by Gasteiger charge is 2.25. The average Bonchev–Trinajstić information content (AvgIpc) is 2.23. The van der Waals surface area contributed by atoms with E-state index >= 15 is 0 Å². The minimum Gasteiger partial charge on any atom is -0.341 e. The van der Waals surface area contributed by atoms with Crippen molar-refractivity contribution < 1.29 is 4.79 Å². The van der Waals surface area contributed by atoms with Gasteiger partial charge in [-0.05, 0) is 24.0 Å². The standard InChI is InChI=1S/C12H16N2O/c1-8(2)11-10-9(4-6-13-11)5-7-14(3)12(10)15/h4,6,8H,5,7H2,1-3H3. The van der Waals surface area contributed by atoms with Crippen LogP contribution in [0.5, 0.6) is 0 Å². The highest BCUT2D eigenvalue weighted by molar-refractivity contribution is 5.97. The number of hydrogen-bond acceptors (Lipinski definition) is 2.